The minimum Gasteiger partial charge on any atom is -0.336 e. The highest BCUT2D eigenvalue weighted by atomic mass is 35.5. The Morgan fingerprint density at radius 2 is 1.76 bits per heavy atom. The van der Waals surface area contributed by atoms with Gasteiger partial charge in [-0.2, -0.15) is 18.4 Å². The number of alkyl halides is 3. The molecule has 37 heavy (non-hydrogen) atoms. The van der Waals surface area contributed by atoms with Crippen molar-refractivity contribution in [3.63, 3.8) is 0 Å². The Kier molecular flexibility index (Phi) is 7.53. The predicted octanol–water partition coefficient (Wildman–Crippen LogP) is 6.25. The van der Waals surface area contributed by atoms with E-state index in [-0.39, 0.29) is 42.5 Å². The summed E-state index contributed by atoms with van der Waals surface area (Å²) in [5.41, 5.74) is 0.383. The lowest BCUT2D eigenvalue weighted by Crippen LogP contribution is -2.38. The molecular weight excluding hydrogens is 513 g/mol. The first-order chi connectivity index (χ1) is 17.5. The molecule has 10 heteroatoms. The first-order valence-electron chi connectivity index (χ1n) is 11.3. The highest BCUT2D eigenvalue weighted by Gasteiger charge is 2.39. The highest BCUT2D eigenvalue weighted by molar-refractivity contribution is 6.30. The number of likely N-dealkylation sites (tertiary alicyclic amines) is 1. The summed E-state index contributed by atoms with van der Waals surface area (Å²) in [4.78, 5) is 16.6. The molecule has 1 amide bonds. The third kappa shape index (κ3) is 5.76. The van der Waals surface area contributed by atoms with Gasteiger partial charge in [-0.25, -0.2) is 8.78 Å². The van der Waals surface area contributed by atoms with Gasteiger partial charge in [0.25, 0.3) is 5.91 Å². The second-order valence-corrected chi connectivity index (χ2v) is 9.38. The topological polar surface area (TPSA) is 47.3 Å². The van der Waals surface area contributed by atoms with E-state index in [0.29, 0.717) is 28.3 Å². The molecule has 1 saturated heterocycles. The van der Waals surface area contributed by atoms with E-state index < -0.39 is 23.4 Å². The van der Waals surface area contributed by atoms with Crippen LogP contribution in [-0.2, 0) is 12.7 Å². The molecule has 4 nitrogen and oxygen atoms in total. The molecule has 0 radical (unpaired) electrons. The van der Waals surface area contributed by atoms with Gasteiger partial charge in [0, 0.05) is 37.2 Å². The smallest absolute Gasteiger partial charge is 0.336 e. The summed E-state index contributed by atoms with van der Waals surface area (Å²) in [7, 11) is 1.72. The van der Waals surface area contributed by atoms with Crippen LogP contribution in [0.2, 0.25) is 5.02 Å². The monoisotopic (exact) mass is 533 g/mol. The maximum absolute atomic E-state index is 14.3. The average Bonchev–Trinajstić information content (AvgIpc) is 3.30. The molecule has 3 aromatic carbocycles. The Bertz CT molecular complexity index is 1350. The van der Waals surface area contributed by atoms with Crippen molar-refractivity contribution in [3.8, 4) is 6.07 Å². The molecule has 192 valence electrons. The van der Waals surface area contributed by atoms with E-state index in [0.717, 1.165) is 6.07 Å². The molecule has 0 aromatic heterocycles. The van der Waals surface area contributed by atoms with E-state index in [1.54, 1.807) is 30.1 Å². The number of likely N-dealkylation sites (N-methyl/N-ethyl adjacent to an activating group) is 1. The van der Waals surface area contributed by atoms with Gasteiger partial charge >= 0.3 is 6.18 Å². The standard InChI is InChI=1S/C27H21ClF5N3O/c1-35(13-17-4-8-21(23(29)10-17)27(31,32)33)25-15-36(26(37)18-5-2-16(12-34)3-6-18)14-20(25)19-7-9-22(28)24(30)11-19/h2-11,20,25H,13-15H2,1H3/t20-,25?/m1/s1. The molecule has 0 N–H and O–H groups in total. The molecule has 0 aliphatic carbocycles. The second-order valence-electron chi connectivity index (χ2n) is 8.97. The Balaban J connectivity index is 1.61. The Labute approximate surface area is 215 Å². The zero-order valence-corrected chi connectivity index (χ0v) is 20.3. The first kappa shape index (κ1) is 26.6. The fraction of sp³-hybridized carbons (Fsp3) is 0.259. The summed E-state index contributed by atoms with van der Waals surface area (Å²) in [6.45, 7) is 0.592. The third-order valence-corrected chi connectivity index (χ3v) is 6.85. The molecule has 2 atom stereocenters. The highest BCUT2D eigenvalue weighted by Crippen LogP contribution is 2.35. The van der Waals surface area contributed by atoms with Crippen LogP contribution in [0.3, 0.4) is 0 Å². The van der Waals surface area contributed by atoms with Crippen LogP contribution in [0.4, 0.5) is 22.0 Å². The fourth-order valence-electron chi connectivity index (χ4n) is 4.63. The van der Waals surface area contributed by atoms with E-state index in [4.69, 9.17) is 16.9 Å². The SMILES string of the molecule is CN(Cc1ccc(C(F)(F)F)c(F)c1)C1CN(C(=O)c2ccc(C#N)cc2)C[C@@H]1c1ccc(Cl)c(F)c1. The number of nitrogens with zero attached hydrogens (tertiary/aromatic N) is 3. The van der Waals surface area contributed by atoms with E-state index in [2.05, 4.69) is 0 Å². The Morgan fingerprint density at radius 1 is 1.05 bits per heavy atom. The summed E-state index contributed by atoms with van der Waals surface area (Å²) >= 11 is 5.85. The molecule has 1 aliphatic rings. The van der Waals surface area contributed by atoms with Crippen LogP contribution in [0.5, 0.6) is 0 Å². The van der Waals surface area contributed by atoms with Crippen molar-refractivity contribution in [2.45, 2.75) is 24.7 Å². The van der Waals surface area contributed by atoms with E-state index in [9.17, 15) is 26.7 Å². The van der Waals surface area contributed by atoms with Crippen LogP contribution < -0.4 is 0 Å². The second kappa shape index (κ2) is 10.5. The maximum Gasteiger partial charge on any atom is 0.419 e. The maximum atomic E-state index is 14.3. The van der Waals surface area contributed by atoms with Crippen molar-refractivity contribution >= 4 is 17.5 Å². The van der Waals surface area contributed by atoms with Crippen LogP contribution in [-0.4, -0.2) is 41.9 Å². The normalized spacial score (nSPS) is 17.8. The Morgan fingerprint density at radius 3 is 2.35 bits per heavy atom. The van der Waals surface area contributed by atoms with Gasteiger partial charge in [-0.05, 0) is 66.7 Å². The van der Waals surface area contributed by atoms with Gasteiger partial charge in [-0.3, -0.25) is 9.69 Å². The van der Waals surface area contributed by atoms with Crippen molar-refractivity contribution in [1.82, 2.24) is 9.80 Å². The zero-order valence-electron chi connectivity index (χ0n) is 19.6. The number of amides is 1. The van der Waals surface area contributed by atoms with Crippen LogP contribution >= 0.6 is 11.6 Å². The molecule has 0 spiro atoms. The van der Waals surface area contributed by atoms with Crippen molar-refractivity contribution in [2.75, 3.05) is 20.1 Å². The van der Waals surface area contributed by atoms with Gasteiger partial charge < -0.3 is 4.90 Å². The lowest BCUT2D eigenvalue weighted by Gasteiger charge is -2.29. The summed E-state index contributed by atoms with van der Waals surface area (Å²) < 4.78 is 67.3. The Hall–Kier alpha value is -3.48. The molecule has 1 aliphatic heterocycles. The molecule has 1 unspecified atom stereocenters. The van der Waals surface area contributed by atoms with Gasteiger partial charge in [-0.15, -0.1) is 0 Å². The van der Waals surface area contributed by atoms with E-state index >= 15 is 0 Å². The van der Waals surface area contributed by atoms with E-state index in [1.165, 1.54) is 30.3 Å². The molecule has 1 fully saturated rings. The minimum atomic E-state index is -4.80. The number of hydrogen-bond donors (Lipinski definition) is 0. The molecule has 3 aromatic rings. The van der Waals surface area contributed by atoms with Gasteiger partial charge in [0.05, 0.1) is 22.2 Å². The van der Waals surface area contributed by atoms with Crippen LogP contribution in [0, 0.1) is 23.0 Å². The van der Waals surface area contributed by atoms with Crippen LogP contribution in [0.25, 0.3) is 0 Å². The number of carbonyl (C=O) groups excluding carboxylic acids is 1. The van der Waals surface area contributed by atoms with Crippen molar-refractivity contribution in [3.05, 3.63) is 105 Å². The molecule has 0 saturated carbocycles. The number of rotatable bonds is 5. The van der Waals surface area contributed by atoms with Crippen molar-refractivity contribution < 1.29 is 26.7 Å². The lowest BCUT2D eigenvalue weighted by atomic mass is 9.93. The largest absolute Gasteiger partial charge is 0.419 e. The number of carbonyl (C=O) groups is 1. The lowest BCUT2D eigenvalue weighted by molar-refractivity contribution is -0.140. The fourth-order valence-corrected chi connectivity index (χ4v) is 4.75. The number of hydrogen-bond acceptors (Lipinski definition) is 3. The van der Waals surface area contributed by atoms with Gasteiger partial charge in [0.15, 0.2) is 0 Å². The van der Waals surface area contributed by atoms with Gasteiger partial charge in [0.2, 0.25) is 0 Å². The number of nitriles is 1. The summed E-state index contributed by atoms with van der Waals surface area (Å²) in [5.74, 6) is -2.60. The number of halogens is 6. The van der Waals surface area contributed by atoms with Gasteiger partial charge in [0.1, 0.15) is 11.6 Å². The summed E-state index contributed by atoms with van der Waals surface area (Å²) in [5, 5.41) is 8.96. The van der Waals surface area contributed by atoms with Crippen molar-refractivity contribution in [1.29, 1.82) is 5.26 Å². The average molecular weight is 534 g/mol. The molecule has 0 bridgehead atoms. The minimum absolute atomic E-state index is 0.0441. The van der Waals surface area contributed by atoms with Crippen LogP contribution in [0.15, 0.2) is 60.7 Å². The number of benzene rings is 3. The molecular formula is C27H21ClF5N3O. The molecule has 4 rings (SSSR count). The summed E-state index contributed by atoms with van der Waals surface area (Å²) in [6, 6.07) is 15.0. The van der Waals surface area contributed by atoms with Crippen LogP contribution in [0.1, 0.15) is 38.5 Å². The molecule has 1 heterocycles. The summed E-state index contributed by atoms with van der Waals surface area (Å²) in [6.07, 6.45) is -4.80. The zero-order chi connectivity index (χ0) is 26.9. The third-order valence-electron chi connectivity index (χ3n) is 6.55. The van der Waals surface area contributed by atoms with Gasteiger partial charge in [-0.1, -0.05) is 23.7 Å². The first-order valence-corrected chi connectivity index (χ1v) is 11.7. The van der Waals surface area contributed by atoms with Crippen molar-refractivity contribution in [2.24, 2.45) is 0 Å². The quantitative estimate of drug-likeness (QED) is 0.364. The van der Waals surface area contributed by atoms with E-state index in [1.807, 2.05) is 11.0 Å². The predicted molar refractivity (Wildman–Crippen MR) is 128 cm³/mol.